The van der Waals surface area contributed by atoms with Gasteiger partial charge in [0.25, 0.3) is 11.8 Å². The average Bonchev–Trinajstić information content (AvgIpc) is 3.42. The number of rotatable bonds is 4. The second kappa shape index (κ2) is 9.43. The second-order valence-electron chi connectivity index (χ2n) is 10.6. The Morgan fingerprint density at radius 3 is 2.54 bits per heavy atom. The number of hydrogen-bond acceptors (Lipinski definition) is 4. The van der Waals surface area contributed by atoms with Crippen LogP contribution in [0.1, 0.15) is 52.6 Å². The van der Waals surface area contributed by atoms with Crippen LogP contribution in [0.2, 0.25) is 0 Å². The van der Waals surface area contributed by atoms with Gasteiger partial charge in [0.05, 0.1) is 22.8 Å². The number of aromatic nitrogens is 1. The zero-order valence-electron chi connectivity index (χ0n) is 21.8. The normalized spacial score (nSPS) is 20.1. The molecule has 0 radical (unpaired) electrons. The molecule has 2 amide bonds. The maximum atomic E-state index is 14.8. The fourth-order valence-corrected chi connectivity index (χ4v) is 6.18. The number of piperidine rings is 1. The van der Waals surface area contributed by atoms with Crippen molar-refractivity contribution >= 4 is 29.2 Å². The van der Waals surface area contributed by atoms with Crippen LogP contribution in [0.25, 0.3) is 22.8 Å². The van der Waals surface area contributed by atoms with Crippen LogP contribution in [-0.2, 0) is 11.2 Å². The maximum Gasteiger partial charge on any atom is 0.256 e. The summed E-state index contributed by atoms with van der Waals surface area (Å²) in [6.07, 6.45) is 3.43. The molecule has 7 nitrogen and oxygen atoms in total. The number of halogens is 2. The van der Waals surface area contributed by atoms with Crippen molar-refractivity contribution in [3.8, 4) is 11.1 Å². The van der Waals surface area contributed by atoms with Gasteiger partial charge in [0.2, 0.25) is 0 Å². The minimum atomic E-state index is -0.980. The predicted octanol–water partition coefficient (Wildman–Crippen LogP) is 4.26. The lowest BCUT2D eigenvalue weighted by molar-refractivity contribution is -0.110. The lowest BCUT2D eigenvalue weighted by Gasteiger charge is -2.44. The van der Waals surface area contributed by atoms with Crippen LogP contribution < -0.4 is 10.6 Å². The first-order valence-corrected chi connectivity index (χ1v) is 13.3. The molecule has 4 N–H and O–H groups in total. The van der Waals surface area contributed by atoms with Gasteiger partial charge in [-0.25, -0.2) is 8.78 Å². The maximum absolute atomic E-state index is 14.8. The highest BCUT2D eigenvalue weighted by Crippen LogP contribution is 2.42. The molecule has 0 aliphatic carbocycles. The van der Waals surface area contributed by atoms with Crippen LogP contribution >= 0.6 is 0 Å². The standard InChI is InChI=1S/C30H30F2N4O3/c1-16-24(34-23-9-14-36(29(38)25(16)23)17(2)30(39)10-12-33-13-11-30)15-20-26-18(5-4-8-22(26)35-28(20)37)19-6-3-7-21(31)27(19)32/h3-8,15,17,33-34,39H,9-14H2,1-2H3,(H,35,37). The zero-order chi connectivity index (χ0) is 27.5. The van der Waals surface area contributed by atoms with E-state index in [1.54, 1.807) is 29.2 Å². The smallest absolute Gasteiger partial charge is 0.256 e. The first-order chi connectivity index (χ1) is 18.7. The molecule has 3 aliphatic heterocycles. The third kappa shape index (κ3) is 4.08. The first-order valence-electron chi connectivity index (χ1n) is 13.3. The fraction of sp³-hybridized carbons (Fsp3) is 0.333. The van der Waals surface area contributed by atoms with Gasteiger partial charge in [-0.15, -0.1) is 0 Å². The highest BCUT2D eigenvalue weighted by molar-refractivity contribution is 6.36. The number of aliphatic hydroxyl groups is 1. The molecule has 202 valence electrons. The number of anilines is 1. The molecular formula is C30H30F2N4O3. The zero-order valence-corrected chi connectivity index (χ0v) is 21.8. The van der Waals surface area contributed by atoms with E-state index in [1.165, 1.54) is 12.1 Å². The Labute approximate surface area is 224 Å². The molecule has 0 saturated carbocycles. The Balaban J connectivity index is 1.39. The van der Waals surface area contributed by atoms with E-state index in [4.69, 9.17) is 0 Å². The molecule has 3 aliphatic rings. The summed E-state index contributed by atoms with van der Waals surface area (Å²) in [7, 11) is 0. The molecule has 4 heterocycles. The van der Waals surface area contributed by atoms with Crippen molar-refractivity contribution in [2.75, 3.05) is 25.0 Å². The molecule has 2 aromatic carbocycles. The SMILES string of the molecule is Cc1c(C=C2C(=O)Nc3cccc(-c4cccc(F)c4F)c32)[nH]c2c1C(=O)N(C(C)C1(O)CCNCC1)CC2. The number of fused-ring (bicyclic) bond motifs is 2. The van der Waals surface area contributed by atoms with Gasteiger partial charge < -0.3 is 25.6 Å². The highest BCUT2D eigenvalue weighted by atomic mass is 19.2. The molecule has 1 saturated heterocycles. The molecule has 1 aromatic heterocycles. The molecular weight excluding hydrogens is 502 g/mol. The summed E-state index contributed by atoms with van der Waals surface area (Å²) in [6, 6.07) is 8.69. The van der Waals surface area contributed by atoms with Gasteiger partial charge in [0.15, 0.2) is 11.6 Å². The van der Waals surface area contributed by atoms with Crippen LogP contribution in [0.5, 0.6) is 0 Å². The average molecular weight is 533 g/mol. The first kappa shape index (κ1) is 25.5. The highest BCUT2D eigenvalue weighted by Gasteiger charge is 2.42. The summed E-state index contributed by atoms with van der Waals surface area (Å²) >= 11 is 0. The number of amides is 2. The number of H-pyrrole nitrogens is 1. The van der Waals surface area contributed by atoms with E-state index in [9.17, 15) is 23.5 Å². The van der Waals surface area contributed by atoms with Crippen molar-refractivity contribution < 1.29 is 23.5 Å². The Kier molecular flexibility index (Phi) is 6.15. The van der Waals surface area contributed by atoms with Gasteiger partial charge in [-0.1, -0.05) is 24.3 Å². The minimum absolute atomic E-state index is 0.0624. The largest absolute Gasteiger partial charge is 0.388 e. The van der Waals surface area contributed by atoms with E-state index in [1.807, 2.05) is 13.8 Å². The van der Waals surface area contributed by atoms with E-state index >= 15 is 0 Å². The lowest BCUT2D eigenvalue weighted by Crippen LogP contribution is -2.58. The van der Waals surface area contributed by atoms with Crippen molar-refractivity contribution in [1.82, 2.24) is 15.2 Å². The van der Waals surface area contributed by atoms with Gasteiger partial charge in [0, 0.05) is 41.2 Å². The van der Waals surface area contributed by atoms with E-state index in [0.29, 0.717) is 78.1 Å². The van der Waals surface area contributed by atoms with Gasteiger partial charge in [0.1, 0.15) is 0 Å². The summed E-state index contributed by atoms with van der Waals surface area (Å²) in [5.41, 5.74) is 3.45. The van der Waals surface area contributed by atoms with E-state index in [-0.39, 0.29) is 23.4 Å². The van der Waals surface area contributed by atoms with Crippen LogP contribution in [0.3, 0.4) is 0 Å². The Morgan fingerprint density at radius 2 is 1.77 bits per heavy atom. The molecule has 39 heavy (non-hydrogen) atoms. The molecule has 1 unspecified atom stereocenters. The summed E-state index contributed by atoms with van der Waals surface area (Å²) in [6.45, 7) is 5.63. The van der Waals surface area contributed by atoms with Gasteiger partial charge in [-0.3, -0.25) is 9.59 Å². The molecule has 0 spiro atoms. The van der Waals surface area contributed by atoms with Crippen molar-refractivity contribution in [2.24, 2.45) is 0 Å². The third-order valence-corrected chi connectivity index (χ3v) is 8.52. The van der Waals surface area contributed by atoms with Crippen LogP contribution in [0.15, 0.2) is 36.4 Å². The quantitative estimate of drug-likeness (QED) is 0.378. The third-order valence-electron chi connectivity index (χ3n) is 8.52. The molecule has 0 bridgehead atoms. The number of aromatic amines is 1. The van der Waals surface area contributed by atoms with E-state index < -0.39 is 17.2 Å². The number of benzene rings is 2. The fourth-order valence-electron chi connectivity index (χ4n) is 6.18. The van der Waals surface area contributed by atoms with Crippen molar-refractivity contribution in [1.29, 1.82) is 0 Å². The Morgan fingerprint density at radius 1 is 1.05 bits per heavy atom. The Hall–Kier alpha value is -3.82. The van der Waals surface area contributed by atoms with E-state index in [0.717, 1.165) is 11.8 Å². The van der Waals surface area contributed by atoms with Gasteiger partial charge >= 0.3 is 0 Å². The molecule has 1 fully saturated rings. The number of carbonyl (C=O) groups excluding carboxylic acids is 2. The van der Waals surface area contributed by atoms with E-state index in [2.05, 4.69) is 15.6 Å². The van der Waals surface area contributed by atoms with Crippen LogP contribution in [0, 0.1) is 18.6 Å². The number of nitrogens with zero attached hydrogens (tertiary/aromatic N) is 1. The number of carbonyl (C=O) groups is 2. The minimum Gasteiger partial charge on any atom is -0.388 e. The molecule has 6 rings (SSSR count). The summed E-state index contributed by atoms with van der Waals surface area (Å²) in [5.74, 6) is -2.46. The lowest BCUT2D eigenvalue weighted by atomic mass is 9.84. The summed E-state index contributed by atoms with van der Waals surface area (Å²) in [5, 5.41) is 17.3. The van der Waals surface area contributed by atoms with Gasteiger partial charge in [-0.2, -0.15) is 0 Å². The van der Waals surface area contributed by atoms with Gasteiger partial charge in [-0.05, 0) is 69.1 Å². The number of hydrogen-bond donors (Lipinski definition) is 4. The van der Waals surface area contributed by atoms with Crippen LogP contribution in [-0.4, -0.2) is 58.1 Å². The monoisotopic (exact) mass is 532 g/mol. The predicted molar refractivity (Wildman–Crippen MR) is 145 cm³/mol. The summed E-state index contributed by atoms with van der Waals surface area (Å²) < 4.78 is 28.8. The molecule has 9 heteroatoms. The van der Waals surface area contributed by atoms with Crippen molar-refractivity contribution in [3.63, 3.8) is 0 Å². The van der Waals surface area contributed by atoms with Crippen LogP contribution in [0.4, 0.5) is 14.5 Å². The molecule has 1 atom stereocenters. The second-order valence-corrected chi connectivity index (χ2v) is 10.6. The molecule has 3 aromatic rings. The number of nitrogens with one attached hydrogen (secondary N) is 3. The van der Waals surface area contributed by atoms with Crippen molar-refractivity contribution in [3.05, 3.63) is 76.1 Å². The Bertz CT molecular complexity index is 1540. The van der Waals surface area contributed by atoms with Crippen molar-refractivity contribution in [2.45, 2.75) is 44.8 Å². The summed E-state index contributed by atoms with van der Waals surface area (Å²) in [4.78, 5) is 31.8. The topological polar surface area (TPSA) is 97.5 Å².